The third kappa shape index (κ3) is 5.20. The summed E-state index contributed by atoms with van der Waals surface area (Å²) in [5.74, 6) is 0.698. The van der Waals surface area contributed by atoms with Gasteiger partial charge in [0, 0.05) is 50.4 Å². The number of rotatable bonds is 7. The number of hydrogen-bond acceptors (Lipinski definition) is 7. The van der Waals surface area contributed by atoms with Crippen LogP contribution in [0, 0.1) is 6.92 Å². The van der Waals surface area contributed by atoms with Crippen molar-refractivity contribution in [2.45, 2.75) is 45.0 Å². The van der Waals surface area contributed by atoms with Gasteiger partial charge in [-0.2, -0.15) is 0 Å². The van der Waals surface area contributed by atoms with E-state index in [4.69, 9.17) is 4.74 Å². The van der Waals surface area contributed by atoms with Gasteiger partial charge in [-0.3, -0.25) is 14.6 Å². The zero-order valence-electron chi connectivity index (χ0n) is 21.2. The Labute approximate surface area is 216 Å². The second-order valence-corrected chi connectivity index (χ2v) is 10.2. The lowest BCUT2D eigenvalue weighted by Gasteiger charge is -2.38. The van der Waals surface area contributed by atoms with E-state index in [0.717, 1.165) is 68.6 Å². The third-order valence-corrected chi connectivity index (χ3v) is 7.55. The van der Waals surface area contributed by atoms with Gasteiger partial charge in [-0.25, -0.2) is 4.68 Å². The van der Waals surface area contributed by atoms with E-state index in [-0.39, 0.29) is 17.7 Å². The van der Waals surface area contributed by atoms with Gasteiger partial charge >= 0.3 is 0 Å². The normalized spacial score (nSPS) is 20.0. The minimum absolute atomic E-state index is 0.0959. The predicted molar refractivity (Wildman–Crippen MR) is 141 cm³/mol. The van der Waals surface area contributed by atoms with Gasteiger partial charge in [-0.1, -0.05) is 42.5 Å². The molecule has 0 radical (unpaired) electrons. The molecule has 0 saturated carbocycles. The number of H-pyrrole nitrogens is 1. The fourth-order valence-corrected chi connectivity index (χ4v) is 5.57. The zero-order chi connectivity index (χ0) is 25.2. The number of fused-ring (bicyclic) bond motifs is 1. The van der Waals surface area contributed by atoms with E-state index in [2.05, 4.69) is 72.8 Å². The largest absolute Gasteiger partial charge is 0.376 e. The molecule has 0 spiro atoms. The molecule has 0 unspecified atom stereocenters. The van der Waals surface area contributed by atoms with E-state index in [1.54, 1.807) is 0 Å². The molecular weight excluding hydrogens is 466 g/mol. The van der Waals surface area contributed by atoms with Gasteiger partial charge in [-0.15, -0.1) is 5.10 Å². The van der Waals surface area contributed by atoms with Crippen LogP contribution in [0.25, 0.3) is 10.9 Å². The van der Waals surface area contributed by atoms with Crippen molar-refractivity contribution in [3.63, 3.8) is 0 Å². The number of nitrogens with zero attached hydrogens (tertiary/aromatic N) is 6. The van der Waals surface area contributed by atoms with Crippen LogP contribution in [0.2, 0.25) is 0 Å². The van der Waals surface area contributed by atoms with Gasteiger partial charge in [0.15, 0.2) is 5.82 Å². The van der Waals surface area contributed by atoms with Crippen molar-refractivity contribution >= 4 is 10.9 Å². The minimum atomic E-state index is -0.343. The van der Waals surface area contributed by atoms with E-state index in [1.807, 2.05) is 23.7 Å². The lowest BCUT2D eigenvalue weighted by Crippen LogP contribution is -2.48. The minimum Gasteiger partial charge on any atom is -0.376 e. The maximum atomic E-state index is 13.5. The highest BCUT2D eigenvalue weighted by Gasteiger charge is 2.33. The quantitative estimate of drug-likeness (QED) is 0.418. The third-order valence-electron chi connectivity index (χ3n) is 7.55. The van der Waals surface area contributed by atoms with E-state index in [9.17, 15) is 4.79 Å². The Balaban J connectivity index is 1.32. The molecule has 4 heterocycles. The summed E-state index contributed by atoms with van der Waals surface area (Å²) in [5.41, 5.74) is 3.86. The number of hydrogen-bond donors (Lipinski definition) is 1. The highest BCUT2D eigenvalue weighted by atomic mass is 16.5. The van der Waals surface area contributed by atoms with Crippen molar-refractivity contribution in [3.05, 3.63) is 87.5 Å². The molecule has 4 aromatic rings. The molecule has 2 fully saturated rings. The van der Waals surface area contributed by atoms with Gasteiger partial charge in [0.1, 0.15) is 6.04 Å². The molecule has 1 N–H and O–H groups in total. The van der Waals surface area contributed by atoms with Crippen LogP contribution in [0.5, 0.6) is 0 Å². The number of aromatic nitrogens is 5. The van der Waals surface area contributed by atoms with Crippen molar-refractivity contribution in [3.8, 4) is 0 Å². The van der Waals surface area contributed by atoms with E-state index in [0.29, 0.717) is 17.9 Å². The lowest BCUT2D eigenvalue weighted by molar-refractivity contribution is 0.0840. The molecule has 6 rings (SSSR count). The van der Waals surface area contributed by atoms with Crippen LogP contribution >= 0.6 is 0 Å². The average molecular weight is 500 g/mol. The molecule has 2 atom stereocenters. The molecule has 2 aromatic carbocycles. The first-order valence-electron chi connectivity index (χ1n) is 13.2. The van der Waals surface area contributed by atoms with Crippen molar-refractivity contribution in [1.29, 1.82) is 0 Å². The highest BCUT2D eigenvalue weighted by molar-refractivity contribution is 5.79. The van der Waals surface area contributed by atoms with Crippen molar-refractivity contribution < 1.29 is 4.74 Å². The molecule has 2 aromatic heterocycles. The molecule has 9 heteroatoms. The number of benzene rings is 2. The second kappa shape index (κ2) is 10.5. The molecule has 192 valence electrons. The summed E-state index contributed by atoms with van der Waals surface area (Å²) in [6.45, 7) is 7.77. The Morgan fingerprint density at radius 2 is 1.92 bits per heavy atom. The van der Waals surface area contributed by atoms with E-state index in [1.165, 1.54) is 5.56 Å². The summed E-state index contributed by atoms with van der Waals surface area (Å²) >= 11 is 0. The molecular formula is C28H33N7O2. The molecule has 37 heavy (non-hydrogen) atoms. The van der Waals surface area contributed by atoms with Crippen molar-refractivity contribution in [2.24, 2.45) is 0 Å². The lowest BCUT2D eigenvalue weighted by atomic mass is 10.0. The number of aryl methyl sites for hydroxylation is 1. The summed E-state index contributed by atoms with van der Waals surface area (Å²) in [5, 5.41) is 13.8. The van der Waals surface area contributed by atoms with Crippen LogP contribution in [0.4, 0.5) is 0 Å². The number of tetrazole rings is 1. The maximum Gasteiger partial charge on any atom is 0.253 e. The fraction of sp³-hybridized carbons (Fsp3) is 0.429. The van der Waals surface area contributed by atoms with Gasteiger partial charge < -0.3 is 9.72 Å². The molecule has 0 aliphatic carbocycles. The highest BCUT2D eigenvalue weighted by Crippen LogP contribution is 2.29. The summed E-state index contributed by atoms with van der Waals surface area (Å²) in [6.07, 6.45) is 2.15. The Bertz CT molecular complexity index is 1400. The van der Waals surface area contributed by atoms with Crippen molar-refractivity contribution in [1.82, 2.24) is 35.0 Å². The standard InChI is InChI=1S/C28H33N7O2/c1-20-9-10-22-17-24(28(36)29-25(22)16-20)26(27-30-31-32-35(27)19-23-8-5-15-37-23)34-13-11-33(12-14-34)18-21-6-3-2-4-7-21/h2-4,6-7,9-10,16-17,23,26H,5,8,11-15,18-19H2,1H3,(H,29,36)/t23-,26+/m1/s1. The molecule has 2 saturated heterocycles. The topological polar surface area (TPSA) is 92.2 Å². The summed E-state index contributed by atoms with van der Waals surface area (Å²) < 4.78 is 7.71. The van der Waals surface area contributed by atoms with Gasteiger partial charge in [0.25, 0.3) is 5.56 Å². The van der Waals surface area contributed by atoms with Crippen LogP contribution in [0.1, 0.15) is 41.4 Å². The van der Waals surface area contributed by atoms with Crippen LogP contribution < -0.4 is 5.56 Å². The van der Waals surface area contributed by atoms with Gasteiger partial charge in [0.2, 0.25) is 0 Å². The Morgan fingerprint density at radius 1 is 1.08 bits per heavy atom. The van der Waals surface area contributed by atoms with Crippen LogP contribution in [0.15, 0.2) is 59.4 Å². The average Bonchev–Trinajstić information content (AvgIpc) is 3.59. The van der Waals surface area contributed by atoms with Crippen LogP contribution in [-0.2, 0) is 17.8 Å². The van der Waals surface area contributed by atoms with Crippen LogP contribution in [-0.4, -0.2) is 73.9 Å². The number of nitrogens with one attached hydrogen (secondary N) is 1. The van der Waals surface area contributed by atoms with Gasteiger partial charge in [-0.05, 0) is 58.8 Å². The van der Waals surface area contributed by atoms with Crippen molar-refractivity contribution in [2.75, 3.05) is 32.8 Å². The first-order chi connectivity index (χ1) is 18.1. The predicted octanol–water partition coefficient (Wildman–Crippen LogP) is 2.91. The maximum absolute atomic E-state index is 13.5. The fourth-order valence-electron chi connectivity index (χ4n) is 5.57. The molecule has 0 amide bonds. The smallest absolute Gasteiger partial charge is 0.253 e. The molecule has 0 bridgehead atoms. The molecule has 2 aliphatic rings. The molecule has 2 aliphatic heterocycles. The second-order valence-electron chi connectivity index (χ2n) is 10.2. The van der Waals surface area contributed by atoms with Crippen LogP contribution in [0.3, 0.4) is 0 Å². The Kier molecular flexibility index (Phi) is 6.82. The monoisotopic (exact) mass is 499 g/mol. The molecule has 9 nitrogen and oxygen atoms in total. The SMILES string of the molecule is Cc1ccc2cc([C@@H](c3nnnn3C[C@H]3CCCO3)N3CCN(Cc4ccccc4)CC3)c(=O)[nH]c2c1. The first kappa shape index (κ1) is 24.0. The van der Waals surface area contributed by atoms with E-state index < -0.39 is 0 Å². The summed E-state index contributed by atoms with van der Waals surface area (Å²) in [6, 6.07) is 18.4. The number of piperazine rings is 1. The number of pyridine rings is 1. The summed E-state index contributed by atoms with van der Waals surface area (Å²) in [7, 11) is 0. The van der Waals surface area contributed by atoms with Gasteiger partial charge in [0.05, 0.1) is 12.6 Å². The summed E-state index contributed by atoms with van der Waals surface area (Å²) in [4.78, 5) is 21.4. The zero-order valence-corrected chi connectivity index (χ0v) is 21.2. The first-order valence-corrected chi connectivity index (χ1v) is 13.2. The number of aromatic amines is 1. The number of ether oxygens (including phenoxy) is 1. The van der Waals surface area contributed by atoms with E-state index >= 15 is 0 Å². The Morgan fingerprint density at radius 3 is 2.70 bits per heavy atom. The Hall–Kier alpha value is -3.40.